The lowest BCUT2D eigenvalue weighted by molar-refractivity contribution is -0.148. The van der Waals surface area contributed by atoms with E-state index in [2.05, 4.69) is 24.4 Å². The number of hydrogen-bond acceptors (Lipinski definition) is 5. The van der Waals surface area contributed by atoms with E-state index in [1.54, 1.807) is 12.1 Å². The Morgan fingerprint density at radius 3 is 2.18 bits per heavy atom. The van der Waals surface area contributed by atoms with Crippen LogP contribution in [0.2, 0.25) is 0 Å². The first kappa shape index (κ1) is 29.5. The molecular weight excluding hydrogens is 430 g/mol. The van der Waals surface area contributed by atoms with Gasteiger partial charge >= 0.3 is 5.97 Å². The molecule has 0 fully saturated rings. The number of benzene rings is 1. The predicted octanol–water partition coefficient (Wildman–Crippen LogP) is 6.60. The number of rotatable bonds is 20. The number of unbranched alkanes of at least 4 members (excludes halogenated alkanes) is 11. The predicted molar refractivity (Wildman–Crippen MR) is 137 cm³/mol. The Hall–Kier alpha value is -2.50. The molecule has 0 aliphatic heterocycles. The fraction of sp³-hybridized carbons (Fsp3) is 0.643. The van der Waals surface area contributed by atoms with E-state index in [0.717, 1.165) is 31.2 Å². The number of esters is 1. The van der Waals surface area contributed by atoms with Gasteiger partial charge in [-0.15, -0.1) is 0 Å². The number of amides is 1. The number of ether oxygens (including phenoxy) is 2. The second kappa shape index (κ2) is 19.9. The number of phenols is 1. The Labute approximate surface area is 206 Å². The first-order valence-electron chi connectivity index (χ1n) is 13.0. The minimum atomic E-state index is -0.357. The van der Waals surface area contributed by atoms with E-state index >= 15 is 0 Å². The van der Waals surface area contributed by atoms with Crippen molar-refractivity contribution in [1.29, 1.82) is 0 Å². The lowest BCUT2D eigenvalue weighted by Gasteiger charge is -2.09. The van der Waals surface area contributed by atoms with Crippen molar-refractivity contribution in [3.8, 4) is 11.5 Å². The third-order valence-corrected chi connectivity index (χ3v) is 5.74. The van der Waals surface area contributed by atoms with Crippen LogP contribution >= 0.6 is 0 Å². The third kappa shape index (κ3) is 15.4. The van der Waals surface area contributed by atoms with Gasteiger partial charge in [-0.2, -0.15) is 0 Å². The topological polar surface area (TPSA) is 84.9 Å². The van der Waals surface area contributed by atoms with E-state index in [4.69, 9.17) is 9.47 Å². The molecule has 0 radical (unpaired) electrons. The van der Waals surface area contributed by atoms with Crippen LogP contribution in [0.25, 0.3) is 0 Å². The van der Waals surface area contributed by atoms with Gasteiger partial charge < -0.3 is 19.9 Å². The summed E-state index contributed by atoms with van der Waals surface area (Å²) in [4.78, 5) is 23.7. The van der Waals surface area contributed by atoms with Crippen LogP contribution in [-0.4, -0.2) is 30.7 Å². The molecule has 1 aromatic carbocycles. The fourth-order valence-electron chi connectivity index (χ4n) is 3.64. The van der Waals surface area contributed by atoms with E-state index in [0.29, 0.717) is 12.2 Å². The van der Waals surface area contributed by atoms with Crippen molar-refractivity contribution in [1.82, 2.24) is 5.32 Å². The molecular formula is C28H45NO5. The monoisotopic (exact) mass is 475 g/mol. The maximum Gasteiger partial charge on any atom is 0.306 e. The Bertz CT molecular complexity index is 717. The van der Waals surface area contributed by atoms with Crippen LogP contribution in [0, 0.1) is 0 Å². The standard InChI is InChI=1S/C28H45NO5/c1-3-4-5-6-7-8-9-10-11-12-13-14-15-16-17-18-28(32)34-23-27(31)29-22-24-19-20-25(30)26(21-24)33-2/h10-11,19-21,30H,3-9,12-18,22-23H2,1-2H3,(H,29,31)/b11-10-. The summed E-state index contributed by atoms with van der Waals surface area (Å²) in [7, 11) is 1.47. The average molecular weight is 476 g/mol. The molecule has 2 N–H and O–H groups in total. The van der Waals surface area contributed by atoms with Crippen LogP contribution in [0.3, 0.4) is 0 Å². The molecule has 6 nitrogen and oxygen atoms in total. The van der Waals surface area contributed by atoms with Gasteiger partial charge in [-0.3, -0.25) is 9.59 Å². The van der Waals surface area contributed by atoms with E-state index in [-0.39, 0.29) is 30.8 Å². The summed E-state index contributed by atoms with van der Waals surface area (Å²) < 4.78 is 10.1. The van der Waals surface area contributed by atoms with Crippen LogP contribution in [0.1, 0.15) is 102 Å². The minimum absolute atomic E-state index is 0.0437. The zero-order valence-corrected chi connectivity index (χ0v) is 21.3. The molecule has 0 atom stereocenters. The second-order valence-corrected chi connectivity index (χ2v) is 8.78. The van der Waals surface area contributed by atoms with Crippen molar-refractivity contribution < 1.29 is 24.2 Å². The number of aromatic hydroxyl groups is 1. The third-order valence-electron chi connectivity index (χ3n) is 5.74. The first-order chi connectivity index (χ1) is 16.6. The summed E-state index contributed by atoms with van der Waals surface area (Å²) in [6.07, 6.45) is 20.7. The Morgan fingerprint density at radius 2 is 1.53 bits per heavy atom. The highest BCUT2D eigenvalue weighted by molar-refractivity contribution is 5.80. The number of methoxy groups -OCH3 is 1. The molecule has 0 heterocycles. The molecule has 0 unspecified atom stereocenters. The second-order valence-electron chi connectivity index (χ2n) is 8.78. The summed E-state index contributed by atoms with van der Waals surface area (Å²) in [5.74, 6) is -0.302. The van der Waals surface area contributed by atoms with Crippen molar-refractivity contribution >= 4 is 11.9 Å². The number of phenolic OH excluding ortho intramolecular Hbond substituents is 1. The summed E-state index contributed by atoms with van der Waals surface area (Å²) in [6.45, 7) is 2.24. The first-order valence-corrected chi connectivity index (χ1v) is 13.0. The van der Waals surface area contributed by atoms with Crippen molar-refractivity contribution in [3.63, 3.8) is 0 Å². The fourth-order valence-corrected chi connectivity index (χ4v) is 3.64. The van der Waals surface area contributed by atoms with Crippen molar-refractivity contribution in [2.24, 2.45) is 0 Å². The van der Waals surface area contributed by atoms with Gasteiger partial charge in [0.15, 0.2) is 18.1 Å². The Morgan fingerprint density at radius 1 is 0.912 bits per heavy atom. The largest absolute Gasteiger partial charge is 0.504 e. The average Bonchev–Trinajstić information content (AvgIpc) is 2.84. The quantitative estimate of drug-likeness (QED) is 0.126. The van der Waals surface area contributed by atoms with Crippen LogP contribution in [0.5, 0.6) is 11.5 Å². The highest BCUT2D eigenvalue weighted by Crippen LogP contribution is 2.26. The maximum absolute atomic E-state index is 11.9. The SMILES string of the molecule is CCCCCCCC/C=C\CCCCCCCC(=O)OCC(=O)NCc1ccc(O)c(OC)c1. The number of hydrogen-bond donors (Lipinski definition) is 2. The zero-order chi connectivity index (χ0) is 24.9. The van der Waals surface area contributed by atoms with Gasteiger partial charge in [0.05, 0.1) is 7.11 Å². The van der Waals surface area contributed by atoms with Crippen LogP contribution in [-0.2, 0) is 20.9 Å². The molecule has 0 spiro atoms. The molecule has 1 rings (SSSR count). The molecule has 0 aliphatic carbocycles. The summed E-state index contributed by atoms with van der Waals surface area (Å²) in [5.41, 5.74) is 0.780. The van der Waals surface area contributed by atoms with Crippen molar-refractivity contribution in [2.75, 3.05) is 13.7 Å². The Balaban J connectivity index is 1.95. The normalized spacial score (nSPS) is 11.0. The van der Waals surface area contributed by atoms with Crippen LogP contribution < -0.4 is 10.1 Å². The molecule has 0 aromatic heterocycles. The highest BCUT2D eigenvalue weighted by Gasteiger charge is 2.08. The molecule has 1 aromatic rings. The summed E-state index contributed by atoms with van der Waals surface area (Å²) in [6, 6.07) is 4.85. The van der Waals surface area contributed by atoms with Crippen LogP contribution in [0.15, 0.2) is 30.4 Å². The molecule has 0 bridgehead atoms. The van der Waals surface area contributed by atoms with Gasteiger partial charge in [0.25, 0.3) is 5.91 Å². The van der Waals surface area contributed by atoms with E-state index in [9.17, 15) is 14.7 Å². The van der Waals surface area contributed by atoms with Gasteiger partial charge in [0.1, 0.15) is 0 Å². The number of nitrogens with one attached hydrogen (secondary N) is 1. The molecule has 192 valence electrons. The molecule has 0 saturated carbocycles. The molecule has 0 saturated heterocycles. The van der Waals surface area contributed by atoms with E-state index in [1.165, 1.54) is 71.0 Å². The van der Waals surface area contributed by atoms with Gasteiger partial charge in [-0.1, -0.05) is 76.5 Å². The van der Waals surface area contributed by atoms with Crippen molar-refractivity contribution in [3.05, 3.63) is 35.9 Å². The van der Waals surface area contributed by atoms with Gasteiger partial charge in [-0.25, -0.2) is 0 Å². The van der Waals surface area contributed by atoms with Gasteiger partial charge in [0, 0.05) is 13.0 Å². The number of carbonyl (C=O) groups is 2. The van der Waals surface area contributed by atoms with Gasteiger partial charge in [0.2, 0.25) is 0 Å². The highest BCUT2D eigenvalue weighted by atomic mass is 16.5. The zero-order valence-electron chi connectivity index (χ0n) is 21.3. The van der Waals surface area contributed by atoms with E-state index in [1.807, 2.05) is 0 Å². The smallest absolute Gasteiger partial charge is 0.306 e. The molecule has 6 heteroatoms. The lowest BCUT2D eigenvalue weighted by atomic mass is 10.1. The summed E-state index contributed by atoms with van der Waals surface area (Å²) in [5, 5.41) is 12.3. The maximum atomic E-state index is 11.9. The Kier molecular flexibility index (Phi) is 17.3. The molecule has 34 heavy (non-hydrogen) atoms. The molecule has 0 aliphatic rings. The van der Waals surface area contributed by atoms with Gasteiger partial charge in [-0.05, 0) is 49.8 Å². The number of allylic oxidation sites excluding steroid dienone is 2. The number of carbonyl (C=O) groups excluding carboxylic acids is 2. The van der Waals surface area contributed by atoms with Crippen molar-refractivity contribution in [2.45, 2.75) is 103 Å². The minimum Gasteiger partial charge on any atom is -0.504 e. The van der Waals surface area contributed by atoms with E-state index < -0.39 is 0 Å². The molecule has 1 amide bonds. The lowest BCUT2D eigenvalue weighted by Crippen LogP contribution is -2.28. The van der Waals surface area contributed by atoms with Crippen LogP contribution in [0.4, 0.5) is 0 Å². The summed E-state index contributed by atoms with van der Waals surface area (Å²) >= 11 is 0.